The predicted molar refractivity (Wildman–Crippen MR) is 141 cm³/mol. The van der Waals surface area contributed by atoms with E-state index in [4.69, 9.17) is 5.73 Å². The Labute approximate surface area is 219 Å². The Kier molecular flexibility index (Phi) is 9.20. The van der Waals surface area contributed by atoms with Crippen LogP contribution < -0.4 is 5.73 Å². The molecule has 0 aromatic heterocycles. The molecule has 2 N–H and O–H groups in total. The third-order valence-electron chi connectivity index (χ3n) is 4.77. The number of nitrogens with two attached hydrogens (primary N) is 1. The molecule has 0 saturated heterocycles. The molecule has 148 valence electrons. The number of hydrogen-bond acceptors (Lipinski definition) is 1. The molecule has 1 nitrogen and oxygen atoms in total. The molecular weight excluding hydrogens is 802 g/mol. The van der Waals surface area contributed by atoms with E-state index in [0.717, 1.165) is 32.4 Å². The predicted octanol–water partition coefficient (Wildman–Crippen LogP) is 9.94. The summed E-state index contributed by atoms with van der Waals surface area (Å²) in [6, 6.07) is 0. The number of alkyl halides is 1. The van der Waals surface area contributed by atoms with Gasteiger partial charge in [-0.3, -0.25) is 0 Å². The average molecular weight is 820 g/mol. The maximum Gasteiger partial charge on any atom is 0.0466 e. The first-order valence-electron chi connectivity index (χ1n) is 8.13. The monoisotopic (exact) mass is 813 g/mol. The van der Waals surface area contributed by atoms with Crippen LogP contribution in [0.1, 0.15) is 58.0 Å². The summed E-state index contributed by atoms with van der Waals surface area (Å²) in [5.41, 5.74) is 13.3. The number of halogens is 7. The van der Waals surface area contributed by atoms with Gasteiger partial charge in [-0.05, 0) is 102 Å². The molecule has 0 bridgehead atoms. The van der Waals surface area contributed by atoms with Crippen LogP contribution in [0.15, 0.2) is 26.8 Å². The molecule has 2 unspecified atom stereocenters. The Morgan fingerprint density at radius 1 is 0.667 bits per heavy atom. The Morgan fingerprint density at radius 3 is 1.52 bits per heavy atom. The molecule has 2 atom stereocenters. The van der Waals surface area contributed by atoms with Crippen LogP contribution in [0.4, 0.5) is 0 Å². The highest BCUT2D eigenvalue weighted by atomic mass is 79.9. The summed E-state index contributed by atoms with van der Waals surface area (Å²) < 4.78 is 6.36. The van der Waals surface area contributed by atoms with Crippen LogP contribution in [0, 0.1) is 13.8 Å². The second-order valence-corrected chi connectivity index (χ2v) is 12.5. The van der Waals surface area contributed by atoms with E-state index in [0.29, 0.717) is 6.54 Å². The van der Waals surface area contributed by atoms with Gasteiger partial charge < -0.3 is 5.73 Å². The molecular formula is C19H18Br7N. The molecule has 0 aliphatic rings. The van der Waals surface area contributed by atoms with Crippen molar-refractivity contribution in [1.29, 1.82) is 0 Å². The lowest BCUT2D eigenvalue weighted by atomic mass is 9.85. The standard InChI is InChI=1S/C19H18Br7N/c1-6(12-15(22)7(2)14(21)8(3)16(12)23)11-10(5-27)13(9(4)20)18(25)19(26)17(11)24/h6,9H,5,27H2,1-4H3. The van der Waals surface area contributed by atoms with Crippen LogP contribution in [-0.4, -0.2) is 0 Å². The van der Waals surface area contributed by atoms with Gasteiger partial charge in [-0.1, -0.05) is 70.6 Å². The smallest absolute Gasteiger partial charge is 0.0466 e. The average Bonchev–Trinajstić information content (AvgIpc) is 2.61. The minimum atomic E-state index is 0.113. The van der Waals surface area contributed by atoms with Crippen molar-refractivity contribution in [1.82, 2.24) is 0 Å². The first-order valence-corrected chi connectivity index (χ1v) is 13.8. The summed E-state index contributed by atoms with van der Waals surface area (Å²) in [6.45, 7) is 9.03. The van der Waals surface area contributed by atoms with Crippen molar-refractivity contribution in [2.75, 3.05) is 0 Å². The zero-order chi connectivity index (χ0) is 20.8. The second kappa shape index (κ2) is 9.92. The van der Waals surface area contributed by atoms with Gasteiger partial charge in [0.15, 0.2) is 0 Å². The van der Waals surface area contributed by atoms with E-state index >= 15 is 0 Å². The van der Waals surface area contributed by atoms with Crippen LogP contribution in [0.3, 0.4) is 0 Å². The van der Waals surface area contributed by atoms with E-state index < -0.39 is 0 Å². The normalized spacial score (nSPS) is 13.8. The quantitative estimate of drug-likeness (QED) is 0.242. The fourth-order valence-corrected chi connectivity index (χ4v) is 9.07. The number of benzene rings is 2. The van der Waals surface area contributed by atoms with Crippen molar-refractivity contribution >= 4 is 112 Å². The summed E-state index contributed by atoms with van der Waals surface area (Å²) in [6.07, 6.45) is 0. The topological polar surface area (TPSA) is 26.0 Å². The van der Waals surface area contributed by atoms with E-state index in [2.05, 4.69) is 139 Å². The maximum atomic E-state index is 6.24. The van der Waals surface area contributed by atoms with Crippen molar-refractivity contribution in [2.45, 2.75) is 45.0 Å². The van der Waals surface area contributed by atoms with Gasteiger partial charge in [0.25, 0.3) is 0 Å². The lowest BCUT2D eigenvalue weighted by Crippen LogP contribution is -2.13. The van der Waals surface area contributed by atoms with E-state index in [1.54, 1.807) is 0 Å². The molecule has 8 heteroatoms. The molecule has 0 heterocycles. The third-order valence-corrected chi connectivity index (χ3v) is 12.0. The summed E-state index contributed by atoms with van der Waals surface area (Å²) in [5.74, 6) is 0.113. The summed E-state index contributed by atoms with van der Waals surface area (Å²) in [7, 11) is 0. The summed E-state index contributed by atoms with van der Waals surface area (Å²) in [5, 5.41) is 0. The molecule has 2 aromatic rings. The number of hydrogen-bond donors (Lipinski definition) is 1. The third kappa shape index (κ3) is 4.53. The Bertz CT molecular complexity index is 877. The van der Waals surface area contributed by atoms with Gasteiger partial charge in [0, 0.05) is 44.1 Å². The highest BCUT2D eigenvalue weighted by Crippen LogP contribution is 2.50. The first-order chi connectivity index (χ1) is 12.5. The van der Waals surface area contributed by atoms with Crippen LogP contribution >= 0.6 is 112 Å². The van der Waals surface area contributed by atoms with Gasteiger partial charge in [-0.15, -0.1) is 0 Å². The van der Waals surface area contributed by atoms with Crippen molar-refractivity contribution in [3.63, 3.8) is 0 Å². The van der Waals surface area contributed by atoms with Crippen LogP contribution in [0.5, 0.6) is 0 Å². The van der Waals surface area contributed by atoms with Gasteiger partial charge in [-0.2, -0.15) is 0 Å². The lowest BCUT2D eigenvalue weighted by molar-refractivity contribution is 0.845. The minimum Gasteiger partial charge on any atom is -0.326 e. The van der Waals surface area contributed by atoms with Gasteiger partial charge in [-0.25, -0.2) is 0 Å². The fraction of sp³-hybridized carbons (Fsp3) is 0.368. The zero-order valence-electron chi connectivity index (χ0n) is 15.1. The second-order valence-electron chi connectivity index (χ2n) is 6.40. The molecule has 2 aromatic carbocycles. The molecule has 0 saturated carbocycles. The van der Waals surface area contributed by atoms with E-state index in [1.807, 2.05) is 0 Å². The van der Waals surface area contributed by atoms with Gasteiger partial charge in [0.2, 0.25) is 0 Å². The SMILES string of the molecule is Cc1c(Br)c(C)c(Br)c(C(C)c2c(Br)c(Br)c(Br)c(C(C)Br)c2CN)c1Br. The fourth-order valence-electron chi connectivity index (χ4n) is 3.33. The van der Waals surface area contributed by atoms with E-state index in [-0.39, 0.29) is 10.7 Å². The molecule has 27 heavy (non-hydrogen) atoms. The van der Waals surface area contributed by atoms with Crippen molar-refractivity contribution in [3.8, 4) is 0 Å². The molecule has 0 aliphatic carbocycles. The van der Waals surface area contributed by atoms with E-state index in [9.17, 15) is 0 Å². The maximum absolute atomic E-state index is 6.24. The molecule has 0 fully saturated rings. The molecule has 0 aliphatic heterocycles. The Balaban J connectivity index is 2.92. The number of rotatable bonds is 4. The minimum absolute atomic E-state index is 0.113. The Hall–Kier alpha value is 1.76. The van der Waals surface area contributed by atoms with E-state index in [1.165, 1.54) is 27.8 Å². The van der Waals surface area contributed by atoms with Crippen molar-refractivity contribution < 1.29 is 0 Å². The van der Waals surface area contributed by atoms with Gasteiger partial charge >= 0.3 is 0 Å². The molecule has 0 radical (unpaired) electrons. The van der Waals surface area contributed by atoms with Gasteiger partial charge in [0.05, 0.1) is 0 Å². The zero-order valence-corrected chi connectivity index (χ0v) is 26.2. The van der Waals surface area contributed by atoms with Crippen LogP contribution in [-0.2, 0) is 6.54 Å². The van der Waals surface area contributed by atoms with Crippen LogP contribution in [0.25, 0.3) is 0 Å². The highest BCUT2D eigenvalue weighted by molar-refractivity contribution is 9.14. The molecule has 2 rings (SSSR count). The Morgan fingerprint density at radius 2 is 1.11 bits per heavy atom. The van der Waals surface area contributed by atoms with Crippen molar-refractivity contribution in [3.05, 3.63) is 60.2 Å². The highest BCUT2D eigenvalue weighted by Gasteiger charge is 2.29. The largest absolute Gasteiger partial charge is 0.326 e. The summed E-state index contributed by atoms with van der Waals surface area (Å²) in [4.78, 5) is 0.168. The van der Waals surface area contributed by atoms with Gasteiger partial charge in [0.1, 0.15) is 0 Å². The van der Waals surface area contributed by atoms with Crippen molar-refractivity contribution in [2.24, 2.45) is 5.73 Å². The molecule has 0 spiro atoms. The first kappa shape index (κ1) is 25.0. The molecule has 0 amide bonds. The summed E-state index contributed by atoms with van der Waals surface area (Å²) >= 11 is 26.4. The lowest BCUT2D eigenvalue weighted by Gasteiger charge is -2.27. The van der Waals surface area contributed by atoms with Crippen LogP contribution in [0.2, 0.25) is 0 Å².